The van der Waals surface area contributed by atoms with Crippen LogP contribution in [0.5, 0.6) is 34.5 Å². The number of carbonyl (C=O) groups is 1. The lowest BCUT2D eigenvalue weighted by Gasteiger charge is -2.27. The van der Waals surface area contributed by atoms with Crippen molar-refractivity contribution >= 4 is 5.97 Å². The summed E-state index contributed by atoms with van der Waals surface area (Å²) in [5, 5.41) is 10.5. The van der Waals surface area contributed by atoms with E-state index in [4.69, 9.17) is 28.4 Å². The van der Waals surface area contributed by atoms with Crippen LogP contribution in [0.2, 0.25) is 0 Å². The summed E-state index contributed by atoms with van der Waals surface area (Å²) in [4.78, 5) is 12.2. The molecule has 8 nitrogen and oxygen atoms in total. The third kappa shape index (κ3) is 3.22. The maximum atomic E-state index is 12.2. The van der Waals surface area contributed by atoms with Crippen LogP contribution in [0.25, 0.3) is 0 Å². The van der Waals surface area contributed by atoms with Gasteiger partial charge in [-0.05, 0) is 35.4 Å². The largest absolute Gasteiger partial charge is 0.504 e. The van der Waals surface area contributed by atoms with Gasteiger partial charge in [-0.1, -0.05) is 6.92 Å². The van der Waals surface area contributed by atoms with E-state index in [1.165, 1.54) is 0 Å². The molecular weight excluding hydrogens is 392 g/mol. The van der Waals surface area contributed by atoms with Crippen LogP contribution in [-0.4, -0.2) is 45.8 Å². The Labute approximate surface area is 174 Å². The molecule has 0 saturated carbocycles. The molecule has 1 fully saturated rings. The van der Waals surface area contributed by atoms with Gasteiger partial charge in [-0.15, -0.1) is 0 Å². The summed E-state index contributed by atoms with van der Waals surface area (Å²) < 4.78 is 32.6. The van der Waals surface area contributed by atoms with Crippen LogP contribution in [-0.2, 0) is 9.53 Å². The molecule has 1 N–H and O–H groups in total. The van der Waals surface area contributed by atoms with E-state index >= 15 is 0 Å². The molecule has 4 rings (SSSR count). The lowest BCUT2D eigenvalue weighted by molar-refractivity contribution is -0.140. The Kier molecular flexibility index (Phi) is 5.24. The van der Waals surface area contributed by atoms with Crippen molar-refractivity contribution in [2.45, 2.75) is 12.8 Å². The zero-order valence-corrected chi connectivity index (χ0v) is 17.3. The maximum absolute atomic E-state index is 12.2. The second kappa shape index (κ2) is 7.85. The highest BCUT2D eigenvalue weighted by atomic mass is 16.7. The third-order valence-electron chi connectivity index (χ3n) is 5.74. The number of hydrogen-bond acceptors (Lipinski definition) is 8. The number of hydrogen-bond donors (Lipinski definition) is 1. The molecule has 0 aromatic heterocycles. The Bertz CT molecular complexity index is 945. The van der Waals surface area contributed by atoms with E-state index in [1.807, 2.05) is 25.1 Å². The molecule has 1 saturated heterocycles. The van der Waals surface area contributed by atoms with E-state index in [2.05, 4.69) is 0 Å². The van der Waals surface area contributed by atoms with Crippen LogP contribution in [0.4, 0.5) is 0 Å². The summed E-state index contributed by atoms with van der Waals surface area (Å²) in [7, 11) is 4.64. The van der Waals surface area contributed by atoms with Crippen LogP contribution in [0, 0.1) is 11.8 Å². The van der Waals surface area contributed by atoms with Crippen LogP contribution in [0.15, 0.2) is 24.3 Å². The number of rotatable bonds is 6. The van der Waals surface area contributed by atoms with Gasteiger partial charge in [0.2, 0.25) is 18.3 Å². The second-order valence-corrected chi connectivity index (χ2v) is 7.29. The molecule has 2 heterocycles. The predicted molar refractivity (Wildman–Crippen MR) is 106 cm³/mol. The van der Waals surface area contributed by atoms with E-state index < -0.39 is 0 Å². The molecule has 2 aromatic carbocycles. The quantitative estimate of drug-likeness (QED) is 0.719. The van der Waals surface area contributed by atoms with Crippen LogP contribution >= 0.6 is 0 Å². The Hall–Kier alpha value is -3.29. The molecule has 0 radical (unpaired) electrons. The highest BCUT2D eigenvalue weighted by Gasteiger charge is 2.41. The summed E-state index contributed by atoms with van der Waals surface area (Å²) in [6.45, 7) is 2.15. The molecule has 8 heteroatoms. The first kappa shape index (κ1) is 20.0. The Morgan fingerprint density at radius 1 is 0.967 bits per heavy atom. The van der Waals surface area contributed by atoms with Crippen LogP contribution < -0.4 is 23.7 Å². The highest BCUT2D eigenvalue weighted by Crippen LogP contribution is 2.49. The van der Waals surface area contributed by atoms with Gasteiger partial charge >= 0.3 is 5.97 Å². The van der Waals surface area contributed by atoms with Gasteiger partial charge in [-0.2, -0.15) is 0 Å². The summed E-state index contributed by atoms with van der Waals surface area (Å²) in [5.74, 6) is 1.18. The van der Waals surface area contributed by atoms with Crippen molar-refractivity contribution in [2.75, 3.05) is 34.7 Å². The normalized spacial score (nSPS) is 20.6. The molecule has 2 aliphatic heterocycles. The molecule has 0 spiro atoms. The Balaban J connectivity index is 1.89. The molecule has 160 valence electrons. The minimum absolute atomic E-state index is 0.0182. The molecule has 2 aromatic rings. The van der Waals surface area contributed by atoms with Crippen molar-refractivity contribution in [3.8, 4) is 34.5 Å². The first-order valence-corrected chi connectivity index (χ1v) is 9.57. The molecular formula is C22H24O8. The number of ether oxygens (including phenoxy) is 6. The van der Waals surface area contributed by atoms with Crippen molar-refractivity contribution in [3.63, 3.8) is 0 Å². The van der Waals surface area contributed by atoms with E-state index in [0.29, 0.717) is 28.7 Å². The molecule has 2 aliphatic rings. The van der Waals surface area contributed by atoms with Gasteiger partial charge in [0.05, 0.1) is 33.9 Å². The summed E-state index contributed by atoms with van der Waals surface area (Å²) in [6, 6.07) is 7.16. The van der Waals surface area contributed by atoms with E-state index in [0.717, 1.165) is 11.1 Å². The van der Waals surface area contributed by atoms with Gasteiger partial charge in [-0.3, -0.25) is 4.79 Å². The van der Waals surface area contributed by atoms with Gasteiger partial charge in [-0.25, -0.2) is 0 Å². The summed E-state index contributed by atoms with van der Waals surface area (Å²) >= 11 is 0. The van der Waals surface area contributed by atoms with Gasteiger partial charge < -0.3 is 33.5 Å². The minimum atomic E-state index is -0.332. The number of esters is 1. The van der Waals surface area contributed by atoms with E-state index in [9.17, 15) is 9.90 Å². The first-order chi connectivity index (χ1) is 14.5. The van der Waals surface area contributed by atoms with E-state index in [1.54, 1.807) is 27.4 Å². The van der Waals surface area contributed by atoms with Crippen LogP contribution in [0.3, 0.4) is 0 Å². The number of fused-ring (bicyclic) bond motifs is 1. The lowest BCUT2D eigenvalue weighted by Crippen LogP contribution is -2.21. The molecule has 0 aliphatic carbocycles. The van der Waals surface area contributed by atoms with Crippen molar-refractivity contribution < 1.29 is 38.3 Å². The first-order valence-electron chi connectivity index (χ1n) is 9.57. The van der Waals surface area contributed by atoms with Gasteiger partial charge in [0.1, 0.15) is 0 Å². The maximum Gasteiger partial charge on any atom is 0.309 e. The fraction of sp³-hybridized carbons (Fsp3) is 0.409. The van der Waals surface area contributed by atoms with Crippen LogP contribution in [0.1, 0.15) is 24.0 Å². The topological polar surface area (TPSA) is 92.7 Å². The fourth-order valence-corrected chi connectivity index (χ4v) is 4.17. The van der Waals surface area contributed by atoms with Crippen molar-refractivity contribution in [3.05, 3.63) is 35.4 Å². The second-order valence-electron chi connectivity index (χ2n) is 7.29. The van der Waals surface area contributed by atoms with Crippen molar-refractivity contribution in [1.29, 1.82) is 0 Å². The average Bonchev–Trinajstić information content (AvgIpc) is 3.35. The van der Waals surface area contributed by atoms with E-state index in [-0.39, 0.29) is 42.9 Å². The minimum Gasteiger partial charge on any atom is -0.504 e. The fourth-order valence-electron chi connectivity index (χ4n) is 4.17. The SMILES string of the molecule is COc1cc([C@@H](c2cc(O)c3c(c2)OCO3)[C@@H]2COC(=O)[C@H]2C)cc(OC)c1OC. The lowest BCUT2D eigenvalue weighted by atomic mass is 9.76. The Morgan fingerprint density at radius 3 is 2.20 bits per heavy atom. The van der Waals surface area contributed by atoms with Gasteiger partial charge in [0.25, 0.3) is 0 Å². The van der Waals surface area contributed by atoms with Crippen molar-refractivity contribution in [1.82, 2.24) is 0 Å². The predicted octanol–water partition coefficient (Wildman–Crippen LogP) is 3.09. The summed E-state index contributed by atoms with van der Waals surface area (Å²) in [5.41, 5.74) is 1.60. The van der Waals surface area contributed by atoms with Gasteiger partial charge in [0.15, 0.2) is 23.0 Å². The zero-order valence-electron chi connectivity index (χ0n) is 17.3. The number of methoxy groups -OCH3 is 3. The number of carbonyl (C=O) groups excluding carboxylic acids is 1. The Morgan fingerprint density at radius 2 is 1.63 bits per heavy atom. The summed E-state index contributed by atoms with van der Waals surface area (Å²) in [6.07, 6.45) is 0. The van der Waals surface area contributed by atoms with Gasteiger partial charge in [0, 0.05) is 11.8 Å². The number of phenols is 1. The number of phenolic OH excluding ortho intramolecular Hbond substituents is 1. The zero-order chi connectivity index (χ0) is 21.4. The molecule has 3 atom stereocenters. The highest BCUT2D eigenvalue weighted by molar-refractivity contribution is 5.75. The molecule has 0 unspecified atom stereocenters. The monoisotopic (exact) mass is 416 g/mol. The van der Waals surface area contributed by atoms with Crippen molar-refractivity contribution in [2.24, 2.45) is 11.8 Å². The average molecular weight is 416 g/mol. The number of benzene rings is 2. The molecule has 30 heavy (non-hydrogen) atoms. The third-order valence-corrected chi connectivity index (χ3v) is 5.74. The smallest absolute Gasteiger partial charge is 0.309 e. The molecule has 0 bridgehead atoms. The standard InChI is InChI=1S/C22H24O8/c1-11-14(9-28-22(11)24)19(12-5-15(23)20-18(8-12)29-10-30-20)13-6-16(25-2)21(27-4)17(7-13)26-3/h5-8,11,14,19,23H,9-10H2,1-4H3/t11-,14+,19+/m0/s1. The number of aromatic hydroxyl groups is 1. The molecule has 0 amide bonds. The number of cyclic esters (lactones) is 1.